The average Bonchev–Trinajstić information content (AvgIpc) is 3.11. The molecule has 0 aromatic carbocycles. The first-order valence-electron chi connectivity index (χ1n) is 24.0. The minimum atomic E-state index is 1.37. The third kappa shape index (κ3) is 48.4. The topological polar surface area (TPSA) is 0 Å². The highest BCUT2D eigenvalue weighted by Gasteiger charge is 1.98. The fourth-order valence-electron chi connectivity index (χ4n) is 7.78. The number of hydrogen-bond acceptors (Lipinski definition) is 0. The molecule has 0 amide bonds. The molecule has 0 aliphatic rings. The predicted molar refractivity (Wildman–Crippen MR) is 231 cm³/mol. The summed E-state index contributed by atoms with van der Waals surface area (Å²) >= 11 is 0. The second-order valence-corrected chi connectivity index (χ2v) is 17.9. The summed E-state index contributed by atoms with van der Waals surface area (Å²) in [5.41, 5.74) is 0. The Morgan fingerprint density at radius 3 is 0.429 bits per heavy atom. The van der Waals surface area contributed by atoms with Crippen molar-refractivity contribution in [2.75, 3.05) is 12.3 Å². The molecule has 0 aliphatic carbocycles. The minimum Gasteiger partial charge on any atom is -0.0810 e. The van der Waals surface area contributed by atoms with Crippen molar-refractivity contribution >= 4 is 8.58 Å². The molecule has 0 saturated carbocycles. The van der Waals surface area contributed by atoms with E-state index in [1.165, 1.54) is 295 Å². The monoisotopic (exact) mass is 706 g/mol. The molecule has 1 heteroatoms. The summed E-state index contributed by atoms with van der Waals surface area (Å²) in [6, 6.07) is 0. The number of unbranched alkanes of at least 4 members (excludes halogenated alkanes) is 42. The van der Waals surface area contributed by atoms with Crippen LogP contribution in [-0.4, -0.2) is 12.3 Å². The van der Waals surface area contributed by atoms with E-state index in [9.17, 15) is 0 Å². The van der Waals surface area contributed by atoms with Crippen molar-refractivity contribution in [3.05, 3.63) is 0 Å². The molecule has 0 fully saturated rings. The van der Waals surface area contributed by atoms with Gasteiger partial charge in [-0.25, -0.2) is 0 Å². The molecule has 1 radical (unpaired) electrons. The van der Waals surface area contributed by atoms with Gasteiger partial charge in [0.25, 0.3) is 0 Å². The summed E-state index contributed by atoms with van der Waals surface area (Å²) in [5.74, 6) is 0. The fourth-order valence-corrected chi connectivity index (χ4v) is 8.89. The van der Waals surface area contributed by atoms with Gasteiger partial charge in [0, 0.05) is 0 Å². The van der Waals surface area contributed by atoms with Crippen LogP contribution in [0.1, 0.15) is 296 Å². The Labute approximate surface area is 316 Å². The summed E-state index contributed by atoms with van der Waals surface area (Å²) in [4.78, 5) is 0. The molecule has 49 heavy (non-hydrogen) atoms. The Morgan fingerprint density at radius 2 is 0.286 bits per heavy atom. The fraction of sp³-hybridized carbons (Fsp3) is 1.00. The molecule has 0 spiro atoms. The maximum atomic E-state index is 2.31. The van der Waals surface area contributed by atoms with E-state index in [2.05, 4.69) is 13.8 Å². The highest BCUT2D eigenvalue weighted by atomic mass is 31.1. The number of hydrogen-bond donors (Lipinski definition) is 0. The summed E-state index contributed by atoms with van der Waals surface area (Å²) in [6.45, 7) is 4.62. The summed E-state index contributed by atoms with van der Waals surface area (Å²) in [6.07, 6.45) is 68.2. The van der Waals surface area contributed by atoms with Gasteiger partial charge in [0.2, 0.25) is 0 Å². The van der Waals surface area contributed by atoms with Crippen LogP contribution in [0.4, 0.5) is 0 Å². The SMILES string of the molecule is CCCCCCCCCCCCCCCCCCCCCCCC[P]CCCCCCCCCCCCCCCCCCCCCCCC. The molecule has 0 nitrogen and oxygen atoms in total. The Morgan fingerprint density at radius 1 is 0.163 bits per heavy atom. The largest absolute Gasteiger partial charge is 0.0810 e. The van der Waals surface area contributed by atoms with Crippen LogP contribution in [0.3, 0.4) is 0 Å². The predicted octanol–water partition coefficient (Wildman–Crippen LogP) is 19.1. The van der Waals surface area contributed by atoms with Gasteiger partial charge in [-0.3, -0.25) is 0 Å². The van der Waals surface area contributed by atoms with Crippen molar-refractivity contribution in [1.29, 1.82) is 0 Å². The van der Waals surface area contributed by atoms with Crippen LogP contribution in [0, 0.1) is 0 Å². The van der Waals surface area contributed by atoms with E-state index >= 15 is 0 Å². The van der Waals surface area contributed by atoms with Gasteiger partial charge in [-0.1, -0.05) is 292 Å². The summed E-state index contributed by atoms with van der Waals surface area (Å²) in [7, 11) is 1.74. The van der Waals surface area contributed by atoms with E-state index in [-0.39, 0.29) is 0 Å². The normalized spacial score (nSPS) is 11.6. The molecule has 0 atom stereocenters. The second-order valence-electron chi connectivity index (χ2n) is 16.5. The summed E-state index contributed by atoms with van der Waals surface area (Å²) < 4.78 is 0. The lowest BCUT2D eigenvalue weighted by molar-refractivity contribution is 0.520. The first-order valence-corrected chi connectivity index (χ1v) is 25.3. The number of rotatable bonds is 46. The first kappa shape index (κ1) is 49.4. The molecule has 295 valence electrons. The van der Waals surface area contributed by atoms with Crippen molar-refractivity contribution in [3.63, 3.8) is 0 Å². The third-order valence-electron chi connectivity index (χ3n) is 11.3. The molecular formula is C48H98P. The first-order chi connectivity index (χ1) is 24.4. The van der Waals surface area contributed by atoms with Crippen molar-refractivity contribution < 1.29 is 0 Å². The lowest BCUT2D eigenvalue weighted by Gasteiger charge is -2.05. The van der Waals surface area contributed by atoms with Crippen molar-refractivity contribution in [2.24, 2.45) is 0 Å². The molecule has 0 saturated heterocycles. The van der Waals surface area contributed by atoms with Crippen LogP contribution in [0.5, 0.6) is 0 Å². The average molecular weight is 706 g/mol. The smallest absolute Gasteiger partial charge is 0.0287 e. The second kappa shape index (κ2) is 48.4. The minimum absolute atomic E-state index is 1.37. The Bertz CT molecular complexity index is 483. The van der Waals surface area contributed by atoms with Gasteiger partial charge in [-0.15, -0.1) is 0 Å². The van der Waals surface area contributed by atoms with E-state index in [1.54, 1.807) is 8.58 Å². The molecular weight excluding hydrogens is 608 g/mol. The van der Waals surface area contributed by atoms with Crippen molar-refractivity contribution in [2.45, 2.75) is 296 Å². The van der Waals surface area contributed by atoms with Gasteiger partial charge in [0.05, 0.1) is 0 Å². The van der Waals surface area contributed by atoms with Crippen molar-refractivity contribution in [3.8, 4) is 0 Å². The van der Waals surface area contributed by atoms with Crippen LogP contribution in [-0.2, 0) is 0 Å². The van der Waals surface area contributed by atoms with Gasteiger partial charge < -0.3 is 0 Å². The van der Waals surface area contributed by atoms with Gasteiger partial charge >= 0.3 is 0 Å². The van der Waals surface area contributed by atoms with Gasteiger partial charge in [0.15, 0.2) is 0 Å². The van der Waals surface area contributed by atoms with Gasteiger partial charge in [-0.05, 0) is 25.2 Å². The zero-order valence-corrected chi connectivity index (χ0v) is 35.9. The maximum Gasteiger partial charge on any atom is -0.0287 e. The quantitative estimate of drug-likeness (QED) is 0.0437. The van der Waals surface area contributed by atoms with E-state index in [0.717, 1.165) is 0 Å². The molecule has 0 heterocycles. The molecule has 0 N–H and O–H groups in total. The summed E-state index contributed by atoms with van der Waals surface area (Å²) in [5, 5.41) is 0. The van der Waals surface area contributed by atoms with E-state index in [1.807, 2.05) is 0 Å². The van der Waals surface area contributed by atoms with E-state index in [4.69, 9.17) is 0 Å². The molecule has 0 aliphatic heterocycles. The molecule has 0 aromatic rings. The molecule has 0 bridgehead atoms. The lowest BCUT2D eigenvalue weighted by atomic mass is 10.0. The Kier molecular flexibility index (Phi) is 48.9. The Balaban J connectivity index is 3.04. The van der Waals surface area contributed by atoms with Gasteiger partial charge in [-0.2, -0.15) is 0 Å². The zero-order valence-electron chi connectivity index (χ0n) is 35.0. The van der Waals surface area contributed by atoms with Crippen LogP contribution >= 0.6 is 8.58 Å². The van der Waals surface area contributed by atoms with Crippen LogP contribution in [0.2, 0.25) is 0 Å². The molecule has 0 rings (SSSR count). The zero-order chi connectivity index (χ0) is 35.2. The maximum absolute atomic E-state index is 2.31. The van der Waals surface area contributed by atoms with Gasteiger partial charge in [0.1, 0.15) is 0 Å². The Hall–Kier alpha value is 0.430. The third-order valence-corrected chi connectivity index (χ3v) is 12.6. The highest BCUT2D eigenvalue weighted by Crippen LogP contribution is 2.20. The standard InChI is InChI=1S/C48H98P/c1-3-5-7-9-11-13-15-17-19-21-23-25-27-29-31-33-35-37-39-41-43-45-47-49-48-46-44-42-40-38-36-34-32-30-28-26-24-22-20-18-16-14-12-10-8-6-4-2/h3-48H2,1-2H3. The van der Waals surface area contributed by atoms with Crippen LogP contribution in [0.25, 0.3) is 0 Å². The highest BCUT2D eigenvalue weighted by molar-refractivity contribution is 7.37. The van der Waals surface area contributed by atoms with E-state index in [0.29, 0.717) is 0 Å². The van der Waals surface area contributed by atoms with Crippen molar-refractivity contribution in [1.82, 2.24) is 0 Å². The molecule has 0 unspecified atom stereocenters. The van der Waals surface area contributed by atoms with Crippen LogP contribution in [0.15, 0.2) is 0 Å². The molecule has 0 aromatic heterocycles. The van der Waals surface area contributed by atoms with Crippen LogP contribution < -0.4 is 0 Å². The lowest BCUT2D eigenvalue weighted by Crippen LogP contribution is -1.86. The van der Waals surface area contributed by atoms with E-state index < -0.39 is 0 Å².